The van der Waals surface area contributed by atoms with Crippen molar-refractivity contribution in [2.24, 2.45) is 5.92 Å². The summed E-state index contributed by atoms with van der Waals surface area (Å²) in [6.07, 6.45) is 6.18. The van der Waals surface area contributed by atoms with Crippen LogP contribution in [0.5, 0.6) is 5.75 Å². The summed E-state index contributed by atoms with van der Waals surface area (Å²) in [6.45, 7) is 4.43. The van der Waals surface area contributed by atoms with Crippen molar-refractivity contribution in [3.8, 4) is 5.75 Å². The highest BCUT2D eigenvalue weighted by Gasteiger charge is 2.17. The maximum atomic E-state index is 14.3. The van der Waals surface area contributed by atoms with E-state index >= 15 is 0 Å². The first-order valence-electron chi connectivity index (χ1n) is 8.21. The maximum absolute atomic E-state index is 14.3. The molecule has 2 fully saturated rings. The third kappa shape index (κ3) is 3.88. The summed E-state index contributed by atoms with van der Waals surface area (Å²) in [6, 6.07) is 5.32. The molecular formula is C17H25FN2O. The number of hydrogen-bond acceptors (Lipinski definition) is 3. The van der Waals surface area contributed by atoms with Crippen LogP contribution in [0.1, 0.15) is 32.1 Å². The number of nitrogens with zero attached hydrogens (tertiary/aromatic N) is 1. The van der Waals surface area contributed by atoms with E-state index in [9.17, 15) is 4.39 Å². The Balaban J connectivity index is 1.61. The standard InChI is InChI=1S/C17H25FN2O/c18-16-12-15(21-13-14-4-1-2-5-14)6-7-17(16)20-10-3-8-19-9-11-20/h6-7,12,14,19H,1-5,8-11,13H2. The number of benzene rings is 1. The molecule has 1 saturated heterocycles. The summed E-state index contributed by atoms with van der Waals surface area (Å²) in [5.41, 5.74) is 0.701. The van der Waals surface area contributed by atoms with Gasteiger partial charge in [0.1, 0.15) is 11.6 Å². The first-order valence-corrected chi connectivity index (χ1v) is 8.21. The van der Waals surface area contributed by atoms with Gasteiger partial charge in [-0.25, -0.2) is 4.39 Å². The molecule has 0 spiro atoms. The van der Waals surface area contributed by atoms with Gasteiger partial charge in [-0.3, -0.25) is 0 Å². The van der Waals surface area contributed by atoms with Crippen LogP contribution in [0.2, 0.25) is 0 Å². The van der Waals surface area contributed by atoms with Crippen molar-refractivity contribution in [1.29, 1.82) is 0 Å². The van der Waals surface area contributed by atoms with Crippen LogP contribution < -0.4 is 15.0 Å². The molecule has 21 heavy (non-hydrogen) atoms. The van der Waals surface area contributed by atoms with Crippen molar-refractivity contribution in [3.63, 3.8) is 0 Å². The molecule has 0 radical (unpaired) electrons. The fraction of sp³-hybridized carbons (Fsp3) is 0.647. The Morgan fingerprint density at radius 2 is 2.00 bits per heavy atom. The van der Waals surface area contributed by atoms with Crippen LogP contribution in [0.3, 0.4) is 0 Å². The van der Waals surface area contributed by atoms with Crippen LogP contribution in [-0.2, 0) is 0 Å². The number of rotatable bonds is 4. The van der Waals surface area contributed by atoms with Gasteiger partial charge in [-0.15, -0.1) is 0 Å². The number of hydrogen-bond donors (Lipinski definition) is 1. The fourth-order valence-corrected chi connectivity index (χ4v) is 3.31. The van der Waals surface area contributed by atoms with Crippen LogP contribution >= 0.6 is 0 Å². The van der Waals surface area contributed by atoms with Crippen molar-refractivity contribution in [2.45, 2.75) is 32.1 Å². The molecule has 0 bridgehead atoms. The molecule has 0 atom stereocenters. The first kappa shape index (κ1) is 14.6. The summed E-state index contributed by atoms with van der Waals surface area (Å²) < 4.78 is 20.1. The van der Waals surface area contributed by atoms with E-state index in [1.165, 1.54) is 25.7 Å². The summed E-state index contributed by atoms with van der Waals surface area (Å²) in [5.74, 6) is 1.15. The Morgan fingerprint density at radius 3 is 2.81 bits per heavy atom. The quantitative estimate of drug-likeness (QED) is 0.922. The van der Waals surface area contributed by atoms with Crippen LogP contribution in [0, 0.1) is 11.7 Å². The van der Waals surface area contributed by atoms with Crippen molar-refractivity contribution in [1.82, 2.24) is 5.32 Å². The molecule has 0 unspecified atom stereocenters. The van der Waals surface area contributed by atoms with Crippen molar-refractivity contribution < 1.29 is 9.13 Å². The number of ether oxygens (including phenoxy) is 1. The highest BCUT2D eigenvalue weighted by Crippen LogP contribution is 2.28. The lowest BCUT2D eigenvalue weighted by atomic mass is 10.1. The second-order valence-electron chi connectivity index (χ2n) is 6.17. The molecule has 3 rings (SSSR count). The minimum atomic E-state index is -0.166. The topological polar surface area (TPSA) is 24.5 Å². The van der Waals surface area contributed by atoms with Gasteiger partial charge in [-0.1, -0.05) is 12.8 Å². The van der Waals surface area contributed by atoms with Crippen molar-refractivity contribution in [2.75, 3.05) is 37.7 Å². The van der Waals surface area contributed by atoms with Crippen molar-refractivity contribution >= 4 is 5.69 Å². The van der Waals surface area contributed by atoms with Gasteiger partial charge in [0, 0.05) is 25.7 Å². The molecule has 4 heteroatoms. The molecule has 1 aromatic rings. The molecule has 1 aromatic carbocycles. The monoisotopic (exact) mass is 292 g/mol. The van der Waals surface area contributed by atoms with E-state index in [0.717, 1.165) is 39.2 Å². The Kier molecular flexibility index (Phi) is 4.96. The molecule has 1 heterocycles. The van der Waals surface area contributed by atoms with Gasteiger partial charge in [0.2, 0.25) is 0 Å². The van der Waals surface area contributed by atoms with Crippen LogP contribution in [-0.4, -0.2) is 32.8 Å². The van der Waals surface area contributed by atoms with Gasteiger partial charge in [0.05, 0.1) is 12.3 Å². The lowest BCUT2D eigenvalue weighted by Crippen LogP contribution is -2.28. The Labute approximate surface area is 126 Å². The van der Waals surface area contributed by atoms with Gasteiger partial charge < -0.3 is 15.0 Å². The van der Waals surface area contributed by atoms with E-state index in [4.69, 9.17) is 4.74 Å². The predicted molar refractivity (Wildman–Crippen MR) is 83.6 cm³/mol. The summed E-state index contributed by atoms with van der Waals surface area (Å²) >= 11 is 0. The van der Waals surface area contributed by atoms with Gasteiger partial charge in [-0.2, -0.15) is 0 Å². The molecular weight excluding hydrogens is 267 g/mol. The maximum Gasteiger partial charge on any atom is 0.150 e. The molecule has 1 N–H and O–H groups in total. The fourth-order valence-electron chi connectivity index (χ4n) is 3.31. The minimum absolute atomic E-state index is 0.166. The molecule has 0 amide bonds. The zero-order chi connectivity index (χ0) is 14.5. The second kappa shape index (κ2) is 7.12. The van der Waals surface area contributed by atoms with E-state index in [2.05, 4.69) is 10.2 Å². The van der Waals surface area contributed by atoms with Gasteiger partial charge in [0.15, 0.2) is 0 Å². The Bertz CT molecular complexity index is 452. The molecule has 116 valence electrons. The molecule has 1 aliphatic heterocycles. The Morgan fingerprint density at radius 1 is 1.14 bits per heavy atom. The van der Waals surface area contributed by atoms with E-state index in [-0.39, 0.29) is 5.82 Å². The average Bonchev–Trinajstić information content (AvgIpc) is 2.87. The summed E-state index contributed by atoms with van der Waals surface area (Å²) in [7, 11) is 0. The van der Waals surface area contributed by atoms with Crippen LogP contribution in [0.25, 0.3) is 0 Å². The average molecular weight is 292 g/mol. The molecule has 1 aliphatic carbocycles. The van der Waals surface area contributed by atoms with E-state index in [0.29, 0.717) is 17.4 Å². The number of anilines is 1. The lowest BCUT2D eigenvalue weighted by Gasteiger charge is -2.23. The normalized spacial score (nSPS) is 20.5. The Hall–Kier alpha value is -1.29. The SMILES string of the molecule is Fc1cc(OCC2CCCC2)ccc1N1CCCNCC1. The molecule has 1 saturated carbocycles. The molecule has 2 aliphatic rings. The zero-order valence-corrected chi connectivity index (χ0v) is 12.6. The highest BCUT2D eigenvalue weighted by atomic mass is 19.1. The molecule has 3 nitrogen and oxygen atoms in total. The second-order valence-corrected chi connectivity index (χ2v) is 6.17. The first-order chi connectivity index (χ1) is 10.3. The van der Waals surface area contributed by atoms with E-state index in [1.54, 1.807) is 6.07 Å². The van der Waals surface area contributed by atoms with E-state index in [1.807, 2.05) is 12.1 Å². The largest absolute Gasteiger partial charge is 0.493 e. The van der Waals surface area contributed by atoms with Gasteiger partial charge >= 0.3 is 0 Å². The minimum Gasteiger partial charge on any atom is -0.493 e. The summed E-state index contributed by atoms with van der Waals surface area (Å²) in [5, 5.41) is 3.34. The summed E-state index contributed by atoms with van der Waals surface area (Å²) in [4.78, 5) is 2.12. The predicted octanol–water partition coefficient (Wildman–Crippen LogP) is 3.19. The van der Waals surface area contributed by atoms with Crippen LogP contribution in [0.4, 0.5) is 10.1 Å². The highest BCUT2D eigenvalue weighted by molar-refractivity contribution is 5.50. The zero-order valence-electron chi connectivity index (χ0n) is 12.6. The third-order valence-corrected chi connectivity index (χ3v) is 4.56. The van der Waals surface area contributed by atoms with E-state index < -0.39 is 0 Å². The smallest absolute Gasteiger partial charge is 0.150 e. The lowest BCUT2D eigenvalue weighted by molar-refractivity contribution is 0.251. The number of halogens is 1. The number of nitrogens with one attached hydrogen (secondary N) is 1. The third-order valence-electron chi connectivity index (χ3n) is 4.56. The molecule has 0 aromatic heterocycles. The van der Waals surface area contributed by atoms with Gasteiger partial charge in [0.25, 0.3) is 0 Å². The van der Waals surface area contributed by atoms with Crippen LogP contribution in [0.15, 0.2) is 18.2 Å². The van der Waals surface area contributed by atoms with Crippen molar-refractivity contribution in [3.05, 3.63) is 24.0 Å². The van der Waals surface area contributed by atoms with Gasteiger partial charge in [-0.05, 0) is 43.9 Å².